The minimum Gasteiger partial charge on any atom is -0.458 e. The maximum atomic E-state index is 14.0. The van der Waals surface area contributed by atoms with E-state index < -0.39 is 5.60 Å². The molecule has 3 fully saturated rings. The van der Waals surface area contributed by atoms with Crippen molar-refractivity contribution in [1.29, 1.82) is 0 Å². The lowest BCUT2D eigenvalue weighted by Crippen LogP contribution is -2.53. The van der Waals surface area contributed by atoms with E-state index in [0.29, 0.717) is 47.0 Å². The Hall–Kier alpha value is -3.21. The van der Waals surface area contributed by atoms with Gasteiger partial charge in [-0.15, -0.1) is 0 Å². The van der Waals surface area contributed by atoms with Crippen LogP contribution in [0.15, 0.2) is 72.3 Å². The SMILES string of the molecule is C[C@H](CCCC(C)(C)OC(=O)c1ccccc1)C1CC[C@H]2[C@@H]3C(=O)C=C4CC(OC(=O)c5ccccc5)CCC4(C)C3CCC12C. The van der Waals surface area contributed by atoms with E-state index in [1.807, 2.05) is 56.3 Å². The Balaban J connectivity index is 1.07. The molecule has 0 radical (unpaired) electrons. The van der Waals surface area contributed by atoms with Crippen LogP contribution in [0.25, 0.3) is 0 Å². The van der Waals surface area contributed by atoms with Crippen molar-refractivity contribution in [2.75, 3.05) is 0 Å². The zero-order chi connectivity index (χ0) is 32.7. The summed E-state index contributed by atoms with van der Waals surface area (Å²) >= 11 is 0. The summed E-state index contributed by atoms with van der Waals surface area (Å²) in [5.74, 6) is 1.85. The van der Waals surface area contributed by atoms with Crippen molar-refractivity contribution < 1.29 is 23.9 Å². The van der Waals surface area contributed by atoms with Crippen LogP contribution in [0.4, 0.5) is 0 Å². The molecule has 0 spiro atoms. The lowest BCUT2D eigenvalue weighted by atomic mass is 9.46. The Morgan fingerprint density at radius 3 is 2.20 bits per heavy atom. The summed E-state index contributed by atoms with van der Waals surface area (Å²) in [5, 5.41) is 0. The number of ether oxygens (including phenoxy) is 2. The summed E-state index contributed by atoms with van der Waals surface area (Å²) in [7, 11) is 0. The first-order valence-electron chi connectivity index (χ1n) is 17.7. The Morgan fingerprint density at radius 2 is 1.52 bits per heavy atom. The fourth-order valence-corrected chi connectivity index (χ4v) is 10.2. The summed E-state index contributed by atoms with van der Waals surface area (Å²) in [5.41, 5.74) is 2.05. The second-order valence-corrected chi connectivity index (χ2v) is 16.0. The van der Waals surface area contributed by atoms with Crippen LogP contribution in [0.5, 0.6) is 0 Å². The van der Waals surface area contributed by atoms with Gasteiger partial charge >= 0.3 is 11.9 Å². The van der Waals surface area contributed by atoms with Gasteiger partial charge < -0.3 is 9.47 Å². The average molecular weight is 625 g/mol. The molecule has 5 heteroatoms. The normalized spacial score (nSPS) is 32.8. The van der Waals surface area contributed by atoms with Crippen LogP contribution in [0, 0.1) is 40.4 Å². The minimum atomic E-state index is -0.514. The standard InChI is InChI=1S/C41H52O5/c1-27(13-12-22-39(2,3)46-38(44)29-16-10-7-11-17-29)32-18-19-33-36-34(21-24-41(32,33)5)40(4)23-20-31(25-30(40)26-35(36)42)45-37(43)28-14-8-6-9-15-28/h6-11,14-17,26-27,31-34,36H,12-13,18-25H2,1-5H3/t27-,31?,32?,33+,34?,36+,40?,41?/m1/s1. The predicted molar refractivity (Wildman–Crippen MR) is 180 cm³/mol. The van der Waals surface area contributed by atoms with Gasteiger partial charge in [-0.1, -0.05) is 69.2 Å². The Morgan fingerprint density at radius 1 is 0.870 bits per heavy atom. The number of rotatable bonds is 9. The Bertz CT molecular complexity index is 1460. The number of hydrogen-bond acceptors (Lipinski definition) is 5. The molecule has 5 nitrogen and oxygen atoms in total. The second-order valence-electron chi connectivity index (χ2n) is 16.0. The highest BCUT2D eigenvalue weighted by molar-refractivity contribution is 5.95. The van der Waals surface area contributed by atoms with Crippen molar-refractivity contribution in [3.63, 3.8) is 0 Å². The number of carbonyl (C=O) groups excluding carboxylic acids is 3. The summed E-state index contributed by atoms with van der Waals surface area (Å²) in [6, 6.07) is 18.4. The first kappa shape index (κ1) is 32.7. The fourth-order valence-electron chi connectivity index (χ4n) is 10.2. The van der Waals surface area contributed by atoms with Crippen LogP contribution >= 0.6 is 0 Å². The third-order valence-electron chi connectivity index (χ3n) is 12.8. The van der Waals surface area contributed by atoms with Gasteiger partial charge in [-0.3, -0.25) is 4.79 Å². The molecule has 0 N–H and O–H groups in total. The number of allylic oxidation sites excluding steroid dienone is 1. The van der Waals surface area contributed by atoms with Crippen molar-refractivity contribution in [3.05, 3.63) is 83.4 Å². The van der Waals surface area contributed by atoms with Gasteiger partial charge in [0, 0.05) is 12.3 Å². The first-order chi connectivity index (χ1) is 21.9. The fraction of sp³-hybridized carbons (Fsp3) is 0.585. The number of hydrogen-bond donors (Lipinski definition) is 0. The second kappa shape index (κ2) is 12.8. The highest BCUT2D eigenvalue weighted by Crippen LogP contribution is 2.66. The Kier molecular flexibility index (Phi) is 9.08. The van der Waals surface area contributed by atoms with E-state index in [0.717, 1.165) is 44.9 Å². The van der Waals surface area contributed by atoms with Gasteiger partial charge in [0.25, 0.3) is 0 Å². The van der Waals surface area contributed by atoms with Crippen LogP contribution in [0.2, 0.25) is 0 Å². The third-order valence-corrected chi connectivity index (χ3v) is 12.8. The number of fused-ring (bicyclic) bond motifs is 5. The van der Waals surface area contributed by atoms with E-state index in [-0.39, 0.29) is 34.8 Å². The summed E-state index contributed by atoms with van der Waals surface area (Å²) < 4.78 is 11.8. The Labute approximate surface area is 275 Å². The highest BCUT2D eigenvalue weighted by atomic mass is 16.6. The van der Waals surface area contributed by atoms with Crippen LogP contribution in [0.1, 0.15) is 120 Å². The summed E-state index contributed by atoms with van der Waals surface area (Å²) in [6.45, 7) is 11.3. The summed E-state index contributed by atoms with van der Waals surface area (Å²) in [6.07, 6.45) is 11.8. The van der Waals surface area contributed by atoms with Gasteiger partial charge in [0.15, 0.2) is 5.78 Å². The first-order valence-corrected chi connectivity index (χ1v) is 17.7. The van der Waals surface area contributed by atoms with Gasteiger partial charge in [0.05, 0.1) is 11.1 Å². The molecule has 2 aromatic rings. The van der Waals surface area contributed by atoms with Gasteiger partial charge in [-0.25, -0.2) is 9.59 Å². The summed E-state index contributed by atoms with van der Waals surface area (Å²) in [4.78, 5) is 39.4. The van der Waals surface area contributed by atoms with Crippen LogP contribution in [-0.4, -0.2) is 29.4 Å². The van der Waals surface area contributed by atoms with Gasteiger partial charge in [-0.2, -0.15) is 0 Å². The molecular formula is C41H52O5. The van der Waals surface area contributed by atoms with E-state index in [4.69, 9.17) is 9.47 Å². The van der Waals surface area contributed by atoms with Crippen molar-refractivity contribution in [2.24, 2.45) is 40.4 Å². The molecule has 5 unspecified atom stereocenters. The van der Waals surface area contributed by atoms with Crippen molar-refractivity contribution >= 4 is 17.7 Å². The monoisotopic (exact) mass is 624 g/mol. The van der Waals surface area contributed by atoms with Crippen molar-refractivity contribution in [1.82, 2.24) is 0 Å². The zero-order valence-electron chi connectivity index (χ0n) is 28.4. The molecule has 0 saturated heterocycles. The molecule has 0 heterocycles. The maximum absolute atomic E-state index is 14.0. The van der Waals surface area contributed by atoms with Gasteiger partial charge in [0.2, 0.25) is 0 Å². The third kappa shape index (κ3) is 6.23. The molecule has 246 valence electrons. The number of ketones is 1. The molecule has 0 amide bonds. The van der Waals surface area contributed by atoms with Crippen molar-refractivity contribution in [3.8, 4) is 0 Å². The average Bonchev–Trinajstić information content (AvgIpc) is 3.39. The van der Waals surface area contributed by atoms with Gasteiger partial charge in [-0.05, 0) is 130 Å². The zero-order valence-corrected chi connectivity index (χ0v) is 28.4. The van der Waals surface area contributed by atoms with Gasteiger partial charge in [0.1, 0.15) is 11.7 Å². The van der Waals surface area contributed by atoms with E-state index in [1.54, 1.807) is 24.3 Å². The van der Waals surface area contributed by atoms with E-state index in [9.17, 15) is 14.4 Å². The quantitative estimate of drug-likeness (QED) is 0.260. The van der Waals surface area contributed by atoms with Crippen molar-refractivity contribution in [2.45, 2.75) is 111 Å². The number of carbonyl (C=O) groups is 3. The molecule has 2 aromatic carbocycles. The molecule has 46 heavy (non-hydrogen) atoms. The topological polar surface area (TPSA) is 69.7 Å². The predicted octanol–water partition coefficient (Wildman–Crippen LogP) is 9.41. The molecule has 4 aliphatic carbocycles. The molecule has 6 rings (SSSR count). The maximum Gasteiger partial charge on any atom is 0.338 e. The molecule has 3 saturated carbocycles. The number of esters is 2. The lowest BCUT2D eigenvalue weighted by Gasteiger charge is -2.57. The molecule has 0 aliphatic heterocycles. The molecule has 4 aliphatic rings. The highest BCUT2D eigenvalue weighted by Gasteiger charge is 2.61. The van der Waals surface area contributed by atoms with E-state index in [1.165, 1.54) is 18.4 Å². The smallest absolute Gasteiger partial charge is 0.338 e. The van der Waals surface area contributed by atoms with E-state index >= 15 is 0 Å². The molecule has 0 aromatic heterocycles. The largest absolute Gasteiger partial charge is 0.458 e. The lowest BCUT2D eigenvalue weighted by molar-refractivity contribution is -0.135. The molecule has 0 bridgehead atoms. The molecular weight excluding hydrogens is 572 g/mol. The molecule has 8 atom stereocenters. The van der Waals surface area contributed by atoms with Crippen LogP contribution in [-0.2, 0) is 14.3 Å². The van der Waals surface area contributed by atoms with Crippen LogP contribution < -0.4 is 0 Å². The number of benzene rings is 2. The minimum absolute atomic E-state index is 0.00201. The van der Waals surface area contributed by atoms with E-state index in [2.05, 4.69) is 20.8 Å². The van der Waals surface area contributed by atoms with Crippen LogP contribution in [0.3, 0.4) is 0 Å².